The number of nitrogens with one attached hydrogen (secondary N) is 2. The van der Waals surface area contributed by atoms with Gasteiger partial charge in [0.1, 0.15) is 5.76 Å². The molecule has 0 spiro atoms. The van der Waals surface area contributed by atoms with E-state index < -0.39 is 17.5 Å². The summed E-state index contributed by atoms with van der Waals surface area (Å²) < 4.78 is 4.78. The highest BCUT2D eigenvalue weighted by Crippen LogP contribution is 2.35. The normalized spacial score (nSPS) is 14.3. The van der Waals surface area contributed by atoms with Gasteiger partial charge in [0.15, 0.2) is 11.5 Å². The highest BCUT2D eigenvalue weighted by Gasteiger charge is 2.38. The van der Waals surface area contributed by atoms with E-state index in [0.717, 1.165) is 0 Å². The summed E-state index contributed by atoms with van der Waals surface area (Å²) in [5.41, 5.74) is -0.473. The van der Waals surface area contributed by atoms with Gasteiger partial charge >= 0.3 is 11.8 Å². The van der Waals surface area contributed by atoms with E-state index in [1.807, 2.05) is 0 Å². The van der Waals surface area contributed by atoms with Crippen LogP contribution in [0.4, 0.5) is 5.82 Å². The lowest BCUT2D eigenvalue weighted by atomic mass is 10.0. The fraction of sp³-hybridized carbons (Fsp3) is 0.462. The van der Waals surface area contributed by atoms with Crippen molar-refractivity contribution < 1.29 is 14.1 Å². The number of aryl methyl sites for hydroxylation is 1. The maximum atomic E-state index is 11.6. The molecule has 0 saturated carbocycles. The molecular weight excluding hydrogens is 274 g/mol. The molecule has 1 aromatic heterocycles. The van der Waals surface area contributed by atoms with Crippen LogP contribution in [0.25, 0.3) is 0 Å². The molecule has 0 atom stereocenters. The molecule has 0 unspecified atom stereocenters. The smallest absolute Gasteiger partial charge is 0.314 e. The van der Waals surface area contributed by atoms with Gasteiger partial charge in [-0.25, -0.2) is 0 Å². The van der Waals surface area contributed by atoms with Crippen molar-refractivity contribution in [2.45, 2.75) is 31.8 Å². The number of amides is 2. The molecular formula is C13H15N5O3. The number of terminal acetylenes is 1. The highest BCUT2D eigenvalue weighted by atomic mass is 16.5. The van der Waals surface area contributed by atoms with Crippen LogP contribution in [0.1, 0.15) is 25.0 Å². The molecule has 0 fully saturated rings. The molecule has 1 aromatic rings. The Morgan fingerprint density at radius 1 is 1.38 bits per heavy atom. The summed E-state index contributed by atoms with van der Waals surface area (Å²) >= 11 is 0. The van der Waals surface area contributed by atoms with Gasteiger partial charge in [-0.15, -0.1) is 12.3 Å². The van der Waals surface area contributed by atoms with Crippen molar-refractivity contribution in [2.24, 2.45) is 10.2 Å². The molecule has 0 aliphatic carbocycles. The van der Waals surface area contributed by atoms with Crippen molar-refractivity contribution in [2.75, 3.05) is 11.9 Å². The second-order valence-electron chi connectivity index (χ2n) is 4.67. The lowest BCUT2D eigenvalue weighted by Gasteiger charge is -2.09. The van der Waals surface area contributed by atoms with Crippen LogP contribution in [0.2, 0.25) is 0 Å². The van der Waals surface area contributed by atoms with E-state index in [0.29, 0.717) is 31.6 Å². The first kappa shape index (κ1) is 14.7. The Morgan fingerprint density at radius 3 is 2.71 bits per heavy atom. The van der Waals surface area contributed by atoms with Gasteiger partial charge < -0.3 is 9.84 Å². The topological polar surface area (TPSA) is 109 Å². The predicted octanol–water partition coefficient (Wildman–Crippen LogP) is 1.00. The van der Waals surface area contributed by atoms with Crippen LogP contribution in [0.3, 0.4) is 0 Å². The van der Waals surface area contributed by atoms with Gasteiger partial charge in [0.2, 0.25) is 0 Å². The summed E-state index contributed by atoms with van der Waals surface area (Å²) in [7, 11) is 0. The van der Waals surface area contributed by atoms with Crippen molar-refractivity contribution in [1.29, 1.82) is 0 Å². The first-order chi connectivity index (χ1) is 10.0. The SMILES string of the molecule is C#CCCC1(CCNC(=O)C(=O)Nc2cc(C)on2)N=N1. The number of carbonyl (C=O) groups excluding carboxylic acids is 2. The van der Waals surface area contributed by atoms with Crippen molar-refractivity contribution >= 4 is 17.6 Å². The average Bonchev–Trinajstić information content (AvgIpc) is 3.11. The van der Waals surface area contributed by atoms with Crippen LogP contribution < -0.4 is 10.6 Å². The van der Waals surface area contributed by atoms with Gasteiger partial charge in [0.05, 0.1) is 0 Å². The van der Waals surface area contributed by atoms with Crippen molar-refractivity contribution in [3.8, 4) is 12.3 Å². The third kappa shape index (κ3) is 4.14. The van der Waals surface area contributed by atoms with Gasteiger partial charge in [-0.1, -0.05) is 5.16 Å². The van der Waals surface area contributed by atoms with Gasteiger partial charge in [-0.05, 0) is 6.92 Å². The standard InChI is InChI=1S/C13H15N5O3/c1-3-4-5-13(17-18-13)6-7-14-11(19)12(20)15-10-8-9(2)21-16-10/h1,8H,4-7H2,2H3,(H,14,19)(H,15,16,20). The molecule has 2 amide bonds. The zero-order valence-corrected chi connectivity index (χ0v) is 11.5. The number of aromatic nitrogens is 1. The Labute approximate surface area is 121 Å². The van der Waals surface area contributed by atoms with E-state index in [9.17, 15) is 9.59 Å². The van der Waals surface area contributed by atoms with Crippen molar-refractivity contribution in [1.82, 2.24) is 10.5 Å². The molecule has 8 nitrogen and oxygen atoms in total. The molecule has 0 aromatic carbocycles. The first-order valence-electron chi connectivity index (χ1n) is 6.45. The molecule has 1 aliphatic rings. The molecule has 2 heterocycles. The number of anilines is 1. The predicted molar refractivity (Wildman–Crippen MR) is 73.2 cm³/mol. The van der Waals surface area contributed by atoms with E-state index in [4.69, 9.17) is 10.9 Å². The Balaban J connectivity index is 1.70. The average molecular weight is 289 g/mol. The van der Waals surface area contributed by atoms with Crippen LogP contribution in [-0.2, 0) is 9.59 Å². The second kappa shape index (κ2) is 6.17. The summed E-state index contributed by atoms with van der Waals surface area (Å²) in [5.74, 6) is 1.72. The Hall–Kier alpha value is -2.69. The fourth-order valence-corrected chi connectivity index (χ4v) is 1.72. The molecule has 8 heteroatoms. The highest BCUT2D eigenvalue weighted by molar-refractivity contribution is 6.39. The zero-order chi connectivity index (χ0) is 15.3. The molecule has 21 heavy (non-hydrogen) atoms. The molecule has 2 rings (SSSR count). The van der Waals surface area contributed by atoms with Crippen LogP contribution in [-0.4, -0.2) is 29.2 Å². The van der Waals surface area contributed by atoms with E-state index >= 15 is 0 Å². The van der Waals surface area contributed by atoms with E-state index in [1.54, 1.807) is 6.92 Å². The van der Waals surface area contributed by atoms with Gasteiger partial charge in [-0.3, -0.25) is 14.9 Å². The van der Waals surface area contributed by atoms with Gasteiger partial charge in [0.25, 0.3) is 0 Å². The lowest BCUT2D eigenvalue weighted by Crippen LogP contribution is -2.37. The molecule has 110 valence electrons. The van der Waals surface area contributed by atoms with Crippen LogP contribution in [0.15, 0.2) is 20.8 Å². The minimum atomic E-state index is -0.800. The second-order valence-corrected chi connectivity index (χ2v) is 4.67. The van der Waals surface area contributed by atoms with Crippen LogP contribution >= 0.6 is 0 Å². The third-order valence-electron chi connectivity index (χ3n) is 2.94. The Morgan fingerprint density at radius 2 is 2.14 bits per heavy atom. The van der Waals surface area contributed by atoms with Gasteiger partial charge in [-0.2, -0.15) is 10.2 Å². The van der Waals surface area contributed by atoms with E-state index in [2.05, 4.69) is 31.9 Å². The Kier molecular flexibility index (Phi) is 4.33. The van der Waals surface area contributed by atoms with E-state index in [1.165, 1.54) is 6.07 Å². The number of hydrogen-bond acceptors (Lipinski definition) is 6. The number of nitrogens with zero attached hydrogens (tertiary/aromatic N) is 3. The zero-order valence-electron chi connectivity index (χ0n) is 11.5. The molecule has 2 N–H and O–H groups in total. The van der Waals surface area contributed by atoms with Crippen molar-refractivity contribution in [3.63, 3.8) is 0 Å². The van der Waals surface area contributed by atoms with Crippen molar-refractivity contribution in [3.05, 3.63) is 11.8 Å². The number of carbonyl (C=O) groups is 2. The molecule has 1 aliphatic heterocycles. The Bertz CT molecular complexity index is 608. The minimum absolute atomic E-state index is 0.199. The summed E-state index contributed by atoms with van der Waals surface area (Å²) in [6.45, 7) is 1.97. The number of hydrogen-bond donors (Lipinski definition) is 2. The summed E-state index contributed by atoms with van der Waals surface area (Å²) in [6.07, 6.45) is 6.94. The number of rotatable bonds is 6. The maximum absolute atomic E-state index is 11.6. The maximum Gasteiger partial charge on any atom is 0.314 e. The molecule has 0 saturated heterocycles. The third-order valence-corrected chi connectivity index (χ3v) is 2.94. The minimum Gasteiger partial charge on any atom is -0.360 e. The summed E-state index contributed by atoms with van der Waals surface area (Å²) in [4.78, 5) is 23.2. The van der Waals surface area contributed by atoms with E-state index in [-0.39, 0.29) is 5.82 Å². The molecule has 0 bridgehead atoms. The fourth-order valence-electron chi connectivity index (χ4n) is 1.72. The summed E-state index contributed by atoms with van der Waals surface area (Å²) in [6, 6.07) is 1.52. The summed E-state index contributed by atoms with van der Waals surface area (Å²) in [5, 5.41) is 16.3. The lowest BCUT2D eigenvalue weighted by molar-refractivity contribution is -0.136. The van der Waals surface area contributed by atoms with Crippen LogP contribution in [0.5, 0.6) is 0 Å². The van der Waals surface area contributed by atoms with Crippen LogP contribution in [0, 0.1) is 19.3 Å². The molecule has 0 radical (unpaired) electrons. The quantitative estimate of drug-likeness (QED) is 0.601. The monoisotopic (exact) mass is 289 g/mol. The van der Waals surface area contributed by atoms with Gasteiger partial charge in [0, 0.05) is 31.9 Å². The first-order valence-corrected chi connectivity index (χ1v) is 6.45. The largest absolute Gasteiger partial charge is 0.360 e.